The fourth-order valence-electron chi connectivity index (χ4n) is 2.03. The standard InChI is InChI=1S/C16H14BrN3O3S/c1-9-7-14(20-23-9)22-8-13(21)18-16-19-15(10(2)24-16)11-3-5-12(17)6-4-11/h3-7H,8H2,1-2H3,(H,18,19,21). The summed E-state index contributed by atoms with van der Waals surface area (Å²) in [6.45, 7) is 3.57. The molecule has 1 amide bonds. The van der Waals surface area contributed by atoms with Crippen LogP contribution in [0.25, 0.3) is 11.3 Å². The molecule has 0 unspecified atom stereocenters. The quantitative estimate of drug-likeness (QED) is 0.685. The maximum absolute atomic E-state index is 12.0. The van der Waals surface area contributed by atoms with Crippen LogP contribution in [0.5, 0.6) is 5.88 Å². The van der Waals surface area contributed by atoms with Gasteiger partial charge in [-0.3, -0.25) is 10.1 Å². The molecule has 0 aliphatic carbocycles. The summed E-state index contributed by atoms with van der Waals surface area (Å²) in [5.41, 5.74) is 1.86. The molecule has 0 aliphatic rings. The third kappa shape index (κ3) is 4.01. The molecule has 3 aromatic rings. The van der Waals surface area contributed by atoms with E-state index in [-0.39, 0.29) is 18.4 Å². The highest BCUT2D eigenvalue weighted by Gasteiger charge is 2.13. The fourth-order valence-corrected chi connectivity index (χ4v) is 3.15. The predicted octanol–water partition coefficient (Wildman–Crippen LogP) is 4.19. The van der Waals surface area contributed by atoms with Crippen LogP contribution in [0.3, 0.4) is 0 Å². The van der Waals surface area contributed by atoms with Gasteiger partial charge in [0.05, 0.1) is 5.69 Å². The Labute approximate surface area is 151 Å². The topological polar surface area (TPSA) is 77.2 Å². The van der Waals surface area contributed by atoms with Crippen LogP contribution in [0.15, 0.2) is 39.3 Å². The van der Waals surface area contributed by atoms with E-state index in [1.54, 1.807) is 13.0 Å². The lowest BCUT2D eigenvalue weighted by Gasteiger charge is -2.02. The Morgan fingerprint density at radius 3 is 2.75 bits per heavy atom. The number of carbonyl (C=O) groups excluding carboxylic acids is 1. The second-order valence-corrected chi connectivity index (χ2v) is 7.16. The average molecular weight is 408 g/mol. The second kappa shape index (κ2) is 7.14. The Balaban J connectivity index is 1.64. The van der Waals surface area contributed by atoms with Crippen LogP contribution in [0.1, 0.15) is 10.6 Å². The van der Waals surface area contributed by atoms with E-state index in [1.165, 1.54) is 11.3 Å². The van der Waals surface area contributed by atoms with Gasteiger partial charge in [-0.1, -0.05) is 28.1 Å². The summed E-state index contributed by atoms with van der Waals surface area (Å²) >= 11 is 4.83. The van der Waals surface area contributed by atoms with Crippen molar-refractivity contribution < 1.29 is 14.1 Å². The monoisotopic (exact) mass is 407 g/mol. The molecule has 0 fully saturated rings. The maximum Gasteiger partial charge on any atom is 0.264 e. The van der Waals surface area contributed by atoms with Gasteiger partial charge >= 0.3 is 0 Å². The summed E-state index contributed by atoms with van der Waals surface area (Å²) in [6, 6.07) is 9.49. The van der Waals surface area contributed by atoms with E-state index >= 15 is 0 Å². The molecular formula is C16H14BrN3O3S. The van der Waals surface area contributed by atoms with E-state index in [1.807, 2.05) is 31.2 Å². The first-order chi connectivity index (χ1) is 11.5. The molecule has 124 valence electrons. The molecule has 1 aromatic carbocycles. The second-order valence-electron chi connectivity index (χ2n) is 5.04. The molecule has 0 saturated heterocycles. The van der Waals surface area contributed by atoms with Crippen molar-refractivity contribution in [3.8, 4) is 17.1 Å². The van der Waals surface area contributed by atoms with Crippen LogP contribution < -0.4 is 10.1 Å². The maximum atomic E-state index is 12.0. The summed E-state index contributed by atoms with van der Waals surface area (Å²) in [5, 5.41) is 6.94. The zero-order chi connectivity index (χ0) is 17.1. The number of anilines is 1. The number of carbonyl (C=O) groups is 1. The van der Waals surface area contributed by atoms with Crippen LogP contribution in [0.4, 0.5) is 5.13 Å². The highest BCUT2D eigenvalue weighted by Crippen LogP contribution is 2.31. The zero-order valence-electron chi connectivity index (χ0n) is 13.0. The summed E-state index contributed by atoms with van der Waals surface area (Å²) < 4.78 is 11.1. The number of hydrogen-bond donors (Lipinski definition) is 1. The van der Waals surface area contributed by atoms with Crippen molar-refractivity contribution in [1.82, 2.24) is 10.1 Å². The number of benzene rings is 1. The number of rotatable bonds is 5. The van der Waals surface area contributed by atoms with E-state index in [0.717, 1.165) is 20.6 Å². The third-order valence-electron chi connectivity index (χ3n) is 3.12. The SMILES string of the molecule is Cc1cc(OCC(=O)Nc2nc(-c3ccc(Br)cc3)c(C)s2)no1. The Hall–Kier alpha value is -2.19. The highest BCUT2D eigenvalue weighted by atomic mass is 79.9. The number of aromatic nitrogens is 2. The highest BCUT2D eigenvalue weighted by molar-refractivity contribution is 9.10. The zero-order valence-corrected chi connectivity index (χ0v) is 15.4. The van der Waals surface area contributed by atoms with Crippen molar-refractivity contribution in [3.05, 3.63) is 45.4 Å². The molecule has 0 saturated carbocycles. The number of nitrogens with one attached hydrogen (secondary N) is 1. The predicted molar refractivity (Wildman–Crippen MR) is 95.4 cm³/mol. The van der Waals surface area contributed by atoms with Gasteiger partial charge in [-0.2, -0.15) is 0 Å². The lowest BCUT2D eigenvalue weighted by atomic mass is 10.1. The Bertz CT molecular complexity index is 858. The molecule has 2 aromatic heterocycles. The van der Waals surface area contributed by atoms with E-state index in [0.29, 0.717) is 10.9 Å². The van der Waals surface area contributed by atoms with Gasteiger partial charge in [-0.05, 0) is 31.1 Å². The Morgan fingerprint density at radius 2 is 2.08 bits per heavy atom. The van der Waals surface area contributed by atoms with Crippen LogP contribution >= 0.6 is 27.3 Å². The van der Waals surface area contributed by atoms with Crippen molar-refractivity contribution in [2.45, 2.75) is 13.8 Å². The molecule has 0 radical (unpaired) electrons. The van der Waals surface area contributed by atoms with Gasteiger partial charge in [0.2, 0.25) is 0 Å². The molecular weight excluding hydrogens is 394 g/mol. The molecule has 0 aliphatic heterocycles. The number of thiazole rings is 1. The minimum atomic E-state index is -0.299. The molecule has 6 nitrogen and oxygen atoms in total. The Morgan fingerprint density at radius 1 is 1.33 bits per heavy atom. The van der Waals surface area contributed by atoms with Crippen molar-refractivity contribution in [2.75, 3.05) is 11.9 Å². The van der Waals surface area contributed by atoms with Gasteiger partial charge in [0, 0.05) is 21.0 Å². The fraction of sp³-hybridized carbons (Fsp3) is 0.188. The summed E-state index contributed by atoms with van der Waals surface area (Å²) in [4.78, 5) is 17.5. The molecule has 0 atom stereocenters. The summed E-state index contributed by atoms with van der Waals surface area (Å²) in [7, 11) is 0. The van der Waals surface area contributed by atoms with E-state index < -0.39 is 0 Å². The van der Waals surface area contributed by atoms with E-state index in [9.17, 15) is 4.79 Å². The smallest absolute Gasteiger partial charge is 0.264 e. The number of hydrogen-bond acceptors (Lipinski definition) is 6. The molecule has 3 rings (SSSR count). The van der Waals surface area contributed by atoms with Gasteiger partial charge in [0.15, 0.2) is 11.7 Å². The van der Waals surface area contributed by atoms with Gasteiger partial charge in [0.1, 0.15) is 5.76 Å². The first-order valence-corrected chi connectivity index (χ1v) is 8.71. The van der Waals surface area contributed by atoms with Gasteiger partial charge in [-0.25, -0.2) is 4.98 Å². The minimum absolute atomic E-state index is 0.155. The van der Waals surface area contributed by atoms with E-state index in [4.69, 9.17) is 9.26 Å². The lowest BCUT2D eigenvalue weighted by molar-refractivity contribution is -0.118. The molecule has 0 spiro atoms. The first-order valence-electron chi connectivity index (χ1n) is 7.10. The summed E-state index contributed by atoms with van der Waals surface area (Å²) in [5.74, 6) is 0.611. The number of amides is 1. The first kappa shape index (κ1) is 16.7. The van der Waals surface area contributed by atoms with Crippen molar-refractivity contribution in [3.63, 3.8) is 0 Å². The largest absolute Gasteiger partial charge is 0.465 e. The van der Waals surface area contributed by atoms with Gasteiger partial charge in [0.25, 0.3) is 11.8 Å². The number of halogens is 1. The molecule has 1 N–H and O–H groups in total. The van der Waals surface area contributed by atoms with Crippen molar-refractivity contribution in [2.24, 2.45) is 0 Å². The van der Waals surface area contributed by atoms with Gasteiger partial charge in [-0.15, -0.1) is 11.3 Å². The average Bonchev–Trinajstić information content (AvgIpc) is 3.12. The Kier molecular flexibility index (Phi) is 4.96. The van der Waals surface area contributed by atoms with E-state index in [2.05, 4.69) is 31.4 Å². The van der Waals surface area contributed by atoms with Crippen LogP contribution in [0, 0.1) is 13.8 Å². The number of ether oxygens (including phenoxy) is 1. The van der Waals surface area contributed by atoms with Crippen molar-refractivity contribution >= 4 is 38.3 Å². The van der Waals surface area contributed by atoms with Gasteiger partial charge < -0.3 is 9.26 Å². The summed E-state index contributed by atoms with van der Waals surface area (Å²) in [6.07, 6.45) is 0. The number of nitrogens with zero attached hydrogens (tertiary/aromatic N) is 2. The number of aryl methyl sites for hydroxylation is 2. The third-order valence-corrected chi connectivity index (χ3v) is 4.53. The minimum Gasteiger partial charge on any atom is -0.465 e. The van der Waals surface area contributed by atoms with Crippen LogP contribution in [-0.2, 0) is 4.79 Å². The molecule has 2 heterocycles. The molecule has 8 heteroatoms. The van der Waals surface area contributed by atoms with Crippen molar-refractivity contribution in [1.29, 1.82) is 0 Å². The normalized spacial score (nSPS) is 10.6. The molecule has 24 heavy (non-hydrogen) atoms. The molecule has 0 bridgehead atoms. The van der Waals surface area contributed by atoms with Crippen LogP contribution in [-0.4, -0.2) is 22.7 Å². The lowest BCUT2D eigenvalue weighted by Crippen LogP contribution is -2.20. The van der Waals surface area contributed by atoms with Crippen LogP contribution in [0.2, 0.25) is 0 Å².